The summed E-state index contributed by atoms with van der Waals surface area (Å²) in [6.07, 6.45) is 5.67. The number of amides is 2. The summed E-state index contributed by atoms with van der Waals surface area (Å²) in [4.78, 5) is 18.5. The number of piperidine rings is 1. The van der Waals surface area contributed by atoms with Crippen LogP contribution in [0.5, 0.6) is 0 Å². The van der Waals surface area contributed by atoms with E-state index in [2.05, 4.69) is 10.3 Å². The first kappa shape index (κ1) is 15.4. The largest absolute Gasteiger partial charge is 0.322 e. The summed E-state index contributed by atoms with van der Waals surface area (Å²) in [5, 5.41) is 3.46. The number of benzene rings is 1. The molecule has 6 heteroatoms. The van der Waals surface area contributed by atoms with Crippen molar-refractivity contribution in [3.8, 4) is 11.3 Å². The number of halogens is 2. The summed E-state index contributed by atoms with van der Waals surface area (Å²) in [6, 6.07) is 8.88. The number of aromatic nitrogens is 1. The predicted molar refractivity (Wildman–Crippen MR) is 91.5 cm³/mol. The van der Waals surface area contributed by atoms with Crippen LogP contribution in [0.25, 0.3) is 11.3 Å². The van der Waals surface area contributed by atoms with Gasteiger partial charge < -0.3 is 10.2 Å². The van der Waals surface area contributed by atoms with E-state index in [9.17, 15) is 9.18 Å². The number of hydrogen-bond acceptors (Lipinski definition) is 2. The molecule has 0 saturated carbocycles. The van der Waals surface area contributed by atoms with Crippen LogP contribution < -0.4 is 5.32 Å². The summed E-state index contributed by atoms with van der Waals surface area (Å²) in [5.74, 6) is -0.399. The lowest BCUT2D eigenvalue weighted by Crippen LogP contribution is -2.62. The van der Waals surface area contributed by atoms with Crippen molar-refractivity contribution in [3.63, 3.8) is 0 Å². The number of hydrogen-bond donors (Lipinski definition) is 1. The highest BCUT2D eigenvalue weighted by atomic mass is 35.5. The van der Waals surface area contributed by atoms with Crippen LogP contribution in [0.4, 0.5) is 14.9 Å². The van der Waals surface area contributed by atoms with Gasteiger partial charge in [0.25, 0.3) is 0 Å². The van der Waals surface area contributed by atoms with Gasteiger partial charge in [-0.2, -0.15) is 0 Å². The Morgan fingerprint density at radius 1 is 1.25 bits per heavy atom. The molecule has 2 atom stereocenters. The SMILES string of the molecule is O=C(Nc1ccc(Cl)c(-c2ccc(F)cn2)c1)N1C2CCCC1C2. The Labute approximate surface area is 144 Å². The Kier molecular flexibility index (Phi) is 3.88. The Hall–Kier alpha value is -2.14. The molecule has 2 saturated heterocycles. The molecule has 3 heterocycles. The van der Waals surface area contributed by atoms with E-state index < -0.39 is 5.82 Å². The third-order valence-corrected chi connectivity index (χ3v) is 5.19. The average molecular weight is 346 g/mol. The lowest BCUT2D eigenvalue weighted by Gasteiger charge is -2.52. The second-order valence-corrected chi connectivity index (χ2v) is 6.78. The van der Waals surface area contributed by atoms with Crippen LogP contribution in [-0.4, -0.2) is 28.0 Å². The first-order valence-electron chi connectivity index (χ1n) is 8.12. The third-order valence-electron chi connectivity index (χ3n) is 4.86. The van der Waals surface area contributed by atoms with E-state index in [1.165, 1.54) is 12.5 Å². The molecule has 24 heavy (non-hydrogen) atoms. The Balaban J connectivity index is 1.55. The fourth-order valence-corrected chi connectivity index (χ4v) is 3.87. The lowest BCUT2D eigenvalue weighted by molar-refractivity contribution is 0.0173. The summed E-state index contributed by atoms with van der Waals surface area (Å²) in [6.45, 7) is 0. The highest BCUT2D eigenvalue weighted by Gasteiger charge is 2.44. The number of nitrogens with one attached hydrogen (secondary N) is 1. The minimum atomic E-state index is -0.399. The van der Waals surface area contributed by atoms with Crippen molar-refractivity contribution in [1.82, 2.24) is 9.88 Å². The normalized spacial score (nSPS) is 22.0. The molecule has 1 aromatic heterocycles. The highest BCUT2D eigenvalue weighted by molar-refractivity contribution is 6.33. The van der Waals surface area contributed by atoms with Crippen LogP contribution in [-0.2, 0) is 0 Å². The van der Waals surface area contributed by atoms with E-state index in [0.29, 0.717) is 34.1 Å². The molecular formula is C18H17ClFN3O. The monoisotopic (exact) mass is 345 g/mol. The van der Waals surface area contributed by atoms with E-state index >= 15 is 0 Å². The van der Waals surface area contributed by atoms with Crippen molar-refractivity contribution in [2.75, 3.05) is 5.32 Å². The Morgan fingerprint density at radius 2 is 2.04 bits per heavy atom. The predicted octanol–water partition coefficient (Wildman–Crippen LogP) is 4.70. The minimum absolute atomic E-state index is 0.0590. The second kappa shape index (κ2) is 6.06. The third kappa shape index (κ3) is 2.73. The molecule has 0 aliphatic carbocycles. The molecule has 2 amide bonds. The van der Waals surface area contributed by atoms with Gasteiger partial charge in [0.2, 0.25) is 0 Å². The summed E-state index contributed by atoms with van der Waals surface area (Å²) < 4.78 is 13.0. The van der Waals surface area contributed by atoms with Crippen molar-refractivity contribution in [2.24, 2.45) is 0 Å². The first-order valence-corrected chi connectivity index (χ1v) is 8.50. The summed E-state index contributed by atoms with van der Waals surface area (Å²) >= 11 is 6.23. The van der Waals surface area contributed by atoms with Crippen molar-refractivity contribution in [2.45, 2.75) is 37.8 Å². The lowest BCUT2D eigenvalue weighted by atomic mass is 9.80. The quantitative estimate of drug-likeness (QED) is 0.857. The summed E-state index contributed by atoms with van der Waals surface area (Å²) in [7, 11) is 0. The van der Waals surface area contributed by atoms with Gasteiger partial charge in [0.1, 0.15) is 5.82 Å². The van der Waals surface area contributed by atoms with E-state index in [1.807, 2.05) is 4.90 Å². The molecule has 0 spiro atoms. The van der Waals surface area contributed by atoms with Crippen molar-refractivity contribution in [3.05, 3.63) is 47.4 Å². The molecule has 4 nitrogen and oxygen atoms in total. The molecular weight excluding hydrogens is 329 g/mol. The van der Waals surface area contributed by atoms with Crippen LogP contribution >= 0.6 is 11.6 Å². The maximum atomic E-state index is 13.0. The first-order chi connectivity index (χ1) is 11.6. The van der Waals surface area contributed by atoms with Crippen LogP contribution in [0.3, 0.4) is 0 Å². The molecule has 2 aliphatic rings. The molecule has 4 rings (SSSR count). The standard InChI is InChI=1S/C18H17ClFN3O/c19-16-6-5-12(8-15(16)17-7-4-11(20)10-21-17)22-18(24)23-13-2-1-3-14(23)9-13/h4-8,10,13-14H,1-3,9H2,(H,22,24). The number of rotatable bonds is 2. The number of carbonyl (C=O) groups excluding carboxylic acids is 1. The molecule has 2 bridgehead atoms. The van der Waals surface area contributed by atoms with Crippen LogP contribution in [0, 0.1) is 5.82 Å². The van der Waals surface area contributed by atoms with Gasteiger partial charge in [-0.15, -0.1) is 0 Å². The zero-order chi connectivity index (χ0) is 16.7. The van der Waals surface area contributed by atoms with Crippen LogP contribution in [0.2, 0.25) is 5.02 Å². The number of nitrogens with zero attached hydrogens (tertiary/aromatic N) is 2. The van der Waals surface area contributed by atoms with Gasteiger partial charge in [-0.1, -0.05) is 11.6 Å². The Morgan fingerprint density at radius 3 is 2.71 bits per heavy atom. The minimum Gasteiger partial charge on any atom is -0.318 e. The van der Waals surface area contributed by atoms with Gasteiger partial charge in [0.05, 0.1) is 16.9 Å². The maximum absolute atomic E-state index is 13.0. The van der Waals surface area contributed by atoms with Gasteiger partial charge in [-0.25, -0.2) is 9.18 Å². The van der Waals surface area contributed by atoms with Gasteiger partial charge >= 0.3 is 6.03 Å². The fourth-order valence-electron chi connectivity index (χ4n) is 3.66. The van der Waals surface area contributed by atoms with E-state index in [1.54, 1.807) is 24.3 Å². The van der Waals surface area contributed by atoms with E-state index in [-0.39, 0.29) is 6.03 Å². The molecule has 0 radical (unpaired) electrons. The molecule has 2 aromatic rings. The number of carbonyl (C=O) groups is 1. The second-order valence-electron chi connectivity index (χ2n) is 6.37. The number of pyridine rings is 1. The average Bonchev–Trinajstić information content (AvgIpc) is 2.58. The summed E-state index contributed by atoms with van der Waals surface area (Å²) in [5.41, 5.74) is 1.90. The van der Waals surface area contributed by atoms with Gasteiger partial charge in [0, 0.05) is 23.3 Å². The molecule has 1 aromatic carbocycles. The number of fused-ring (bicyclic) bond motifs is 2. The van der Waals surface area contributed by atoms with Crippen LogP contribution in [0.15, 0.2) is 36.5 Å². The van der Waals surface area contributed by atoms with E-state index in [0.717, 1.165) is 25.5 Å². The fraction of sp³-hybridized carbons (Fsp3) is 0.333. The number of urea groups is 1. The number of anilines is 1. The van der Waals surface area contributed by atoms with Gasteiger partial charge in [-0.3, -0.25) is 4.98 Å². The van der Waals surface area contributed by atoms with Crippen molar-refractivity contribution >= 4 is 23.3 Å². The zero-order valence-corrected chi connectivity index (χ0v) is 13.8. The van der Waals surface area contributed by atoms with Crippen molar-refractivity contribution < 1.29 is 9.18 Å². The molecule has 2 aliphatic heterocycles. The molecule has 2 unspecified atom stereocenters. The molecule has 124 valence electrons. The van der Waals surface area contributed by atoms with E-state index in [4.69, 9.17) is 11.6 Å². The smallest absolute Gasteiger partial charge is 0.318 e. The van der Waals surface area contributed by atoms with Crippen LogP contribution in [0.1, 0.15) is 25.7 Å². The van der Waals surface area contributed by atoms with Gasteiger partial charge in [-0.05, 0) is 56.0 Å². The topological polar surface area (TPSA) is 45.2 Å². The zero-order valence-electron chi connectivity index (χ0n) is 13.0. The molecule has 2 fully saturated rings. The van der Waals surface area contributed by atoms with Gasteiger partial charge in [0.15, 0.2) is 0 Å². The highest BCUT2D eigenvalue weighted by Crippen LogP contribution is 2.38. The Bertz CT molecular complexity index is 766. The maximum Gasteiger partial charge on any atom is 0.322 e. The molecule has 1 N–H and O–H groups in total. The van der Waals surface area contributed by atoms with Crippen molar-refractivity contribution in [1.29, 1.82) is 0 Å².